The van der Waals surface area contributed by atoms with Crippen molar-refractivity contribution in [1.29, 1.82) is 0 Å². The fourth-order valence-electron chi connectivity index (χ4n) is 5.68. The van der Waals surface area contributed by atoms with Crippen molar-refractivity contribution >= 4 is 11.8 Å². The zero-order chi connectivity index (χ0) is 34.2. The number of aromatic nitrogens is 4. The maximum Gasteiger partial charge on any atom is 0.231 e. The van der Waals surface area contributed by atoms with E-state index in [9.17, 15) is 9.59 Å². The van der Waals surface area contributed by atoms with Crippen LogP contribution in [0.3, 0.4) is 0 Å². The van der Waals surface area contributed by atoms with Gasteiger partial charge in [-0.25, -0.2) is 9.97 Å². The van der Waals surface area contributed by atoms with Gasteiger partial charge in [0.1, 0.15) is 23.5 Å². The first-order chi connectivity index (χ1) is 21.1. The third-order valence-electron chi connectivity index (χ3n) is 7.72. The van der Waals surface area contributed by atoms with Crippen molar-refractivity contribution in [2.24, 2.45) is 10.8 Å². The molecule has 2 unspecified atom stereocenters. The highest BCUT2D eigenvalue weighted by atomic mass is 16.2. The third kappa shape index (κ3) is 8.53. The van der Waals surface area contributed by atoms with Crippen molar-refractivity contribution in [3.8, 4) is 33.6 Å². The van der Waals surface area contributed by atoms with E-state index < -0.39 is 11.8 Å². The molecule has 0 saturated carbocycles. The lowest BCUT2D eigenvalue weighted by Gasteiger charge is -2.31. The Kier molecular flexibility index (Phi) is 9.45. The van der Waals surface area contributed by atoms with Gasteiger partial charge in [0.2, 0.25) is 11.8 Å². The summed E-state index contributed by atoms with van der Waals surface area (Å²) in [5.74, 6) is 0.426. The molecule has 2 aromatic heterocycles. The minimum Gasteiger partial charge on any atom is -0.351 e. The van der Waals surface area contributed by atoms with E-state index in [-0.39, 0.29) is 33.7 Å². The minimum absolute atomic E-state index is 0.0360. The maximum absolute atomic E-state index is 13.2. The molecule has 0 radical (unpaired) electrons. The van der Waals surface area contributed by atoms with Gasteiger partial charge >= 0.3 is 0 Å². The summed E-state index contributed by atoms with van der Waals surface area (Å²) in [6, 6.07) is 16.6. The van der Waals surface area contributed by atoms with Crippen molar-refractivity contribution in [3.05, 3.63) is 72.6 Å². The van der Waals surface area contributed by atoms with Crippen LogP contribution in [0.5, 0.6) is 0 Å². The zero-order valence-corrected chi connectivity index (χ0v) is 29.6. The normalized spacial score (nSPS) is 14.1. The lowest BCUT2D eigenvalue weighted by molar-refractivity contribution is -0.127. The average molecular weight is 625 g/mol. The second kappa shape index (κ2) is 12.5. The lowest BCUT2D eigenvalue weighted by Crippen LogP contribution is -2.46. The highest BCUT2D eigenvalue weighted by molar-refractivity contribution is 5.85. The minimum atomic E-state index is -0.413. The first kappa shape index (κ1) is 34.7. The zero-order valence-electron chi connectivity index (χ0n) is 29.6. The fraction of sp³-hybridized carbons (Fsp3) is 0.474. The van der Waals surface area contributed by atoms with Crippen molar-refractivity contribution < 1.29 is 9.59 Å². The Balaban J connectivity index is 1.51. The van der Waals surface area contributed by atoms with Gasteiger partial charge < -0.3 is 20.6 Å². The molecule has 0 saturated heterocycles. The molecular weight excluding hydrogens is 572 g/mol. The van der Waals surface area contributed by atoms with E-state index in [0.717, 1.165) is 33.6 Å². The van der Waals surface area contributed by atoms with Crippen LogP contribution in [0.1, 0.15) is 107 Å². The van der Waals surface area contributed by atoms with Crippen molar-refractivity contribution in [2.75, 3.05) is 0 Å². The summed E-state index contributed by atoms with van der Waals surface area (Å²) < 4.78 is 0. The number of nitrogens with zero attached hydrogens (tertiary/aromatic N) is 2. The van der Waals surface area contributed by atoms with E-state index in [4.69, 9.17) is 0 Å². The molecule has 8 nitrogen and oxygen atoms in total. The second-order valence-electron chi connectivity index (χ2n) is 16.6. The van der Waals surface area contributed by atoms with Crippen molar-refractivity contribution in [1.82, 2.24) is 30.6 Å². The van der Waals surface area contributed by atoms with Crippen LogP contribution in [0.25, 0.3) is 33.6 Å². The Morgan fingerprint density at radius 3 is 1.07 bits per heavy atom. The van der Waals surface area contributed by atoms with Crippen LogP contribution < -0.4 is 10.6 Å². The molecule has 8 heteroatoms. The number of nitrogens with one attached hydrogen (secondary N) is 4. The predicted molar refractivity (Wildman–Crippen MR) is 187 cm³/mol. The van der Waals surface area contributed by atoms with Crippen LogP contribution >= 0.6 is 0 Å². The highest BCUT2D eigenvalue weighted by Crippen LogP contribution is 2.37. The first-order valence-corrected chi connectivity index (χ1v) is 16.1. The van der Waals surface area contributed by atoms with Crippen molar-refractivity contribution in [2.45, 2.75) is 106 Å². The summed E-state index contributed by atoms with van der Waals surface area (Å²) in [6.45, 7) is 24.3. The molecular formula is C38H52N6O2. The first-order valence-electron chi connectivity index (χ1n) is 16.1. The average Bonchev–Trinajstić information content (AvgIpc) is 3.56. The van der Waals surface area contributed by atoms with Gasteiger partial charge in [0, 0.05) is 11.1 Å². The number of hydrogen-bond acceptors (Lipinski definition) is 4. The molecule has 4 aromatic rings. The monoisotopic (exact) mass is 624 g/mol. The second-order valence-corrected chi connectivity index (χ2v) is 16.6. The lowest BCUT2D eigenvalue weighted by atomic mass is 9.79. The van der Waals surface area contributed by atoms with Gasteiger partial charge in [-0.05, 0) is 74.6 Å². The summed E-state index contributed by atoms with van der Waals surface area (Å²) in [6.07, 6.45) is 3.61. The number of amides is 2. The number of benzene rings is 2. The van der Waals surface area contributed by atoms with Gasteiger partial charge in [-0.3, -0.25) is 9.59 Å². The molecule has 4 rings (SSSR count). The summed E-state index contributed by atoms with van der Waals surface area (Å²) in [7, 11) is 0. The van der Waals surface area contributed by atoms with Crippen LogP contribution in [0.4, 0.5) is 0 Å². The molecule has 0 bridgehead atoms. The summed E-state index contributed by atoms with van der Waals surface area (Å²) in [5.41, 5.74) is 4.63. The van der Waals surface area contributed by atoms with Gasteiger partial charge in [0.25, 0.3) is 0 Å². The predicted octanol–water partition coefficient (Wildman–Crippen LogP) is 8.22. The third-order valence-corrected chi connectivity index (χ3v) is 7.72. The Morgan fingerprint density at radius 1 is 0.522 bits per heavy atom. The van der Waals surface area contributed by atoms with Gasteiger partial charge in [-0.15, -0.1) is 0 Å². The van der Waals surface area contributed by atoms with Crippen LogP contribution in [0.2, 0.25) is 0 Å². The Morgan fingerprint density at radius 2 is 0.804 bits per heavy atom. The molecule has 0 aliphatic heterocycles. The Bertz CT molecular complexity index is 1520. The van der Waals surface area contributed by atoms with Gasteiger partial charge in [0.15, 0.2) is 0 Å². The molecule has 2 atom stereocenters. The number of rotatable bonds is 7. The summed E-state index contributed by atoms with van der Waals surface area (Å²) >= 11 is 0. The van der Waals surface area contributed by atoms with Gasteiger partial charge in [-0.2, -0.15) is 0 Å². The quantitative estimate of drug-likeness (QED) is 0.166. The Hall–Kier alpha value is -4.20. The van der Waals surface area contributed by atoms with Crippen LogP contribution in [0.15, 0.2) is 60.9 Å². The topological polar surface area (TPSA) is 116 Å². The largest absolute Gasteiger partial charge is 0.351 e. The number of H-pyrrole nitrogens is 2. The molecule has 2 amide bonds. The van der Waals surface area contributed by atoms with E-state index in [1.54, 1.807) is 12.4 Å². The molecule has 0 aliphatic carbocycles. The van der Waals surface area contributed by atoms with Crippen molar-refractivity contribution in [3.63, 3.8) is 0 Å². The van der Waals surface area contributed by atoms with E-state index in [1.807, 2.05) is 41.5 Å². The maximum atomic E-state index is 13.2. The molecule has 2 aromatic carbocycles. The standard InChI is InChI=1S/C38H52N6O2/c1-35(2,3)29(33(45)43-37(7,8)9)31-39-21-27(41-31)25-17-13-23(14-18-25)24-15-19-26(20-16-24)28-22-40-32(42-28)30(36(4,5)6)34(46)44-38(10,11)12/h13-22,29-30H,1-12H3,(H,39,41)(H,40,42)(H,43,45)(H,44,46). The molecule has 4 N–H and O–H groups in total. The van der Waals surface area contributed by atoms with E-state index in [1.165, 1.54) is 0 Å². The summed E-state index contributed by atoms with van der Waals surface area (Å²) in [4.78, 5) is 42.5. The van der Waals surface area contributed by atoms with E-state index in [0.29, 0.717) is 11.6 Å². The Labute approximate surface area is 274 Å². The highest BCUT2D eigenvalue weighted by Gasteiger charge is 2.38. The van der Waals surface area contributed by atoms with E-state index in [2.05, 4.69) is 121 Å². The SMILES string of the molecule is CC(C)(C)NC(=O)C(c1ncc(-c2ccc(-c3ccc(-c4cnc(C(C(=O)NC(C)(C)C)C(C)(C)C)[nH]4)cc3)cc2)[nH]1)C(C)(C)C. The molecule has 0 aliphatic rings. The smallest absolute Gasteiger partial charge is 0.231 e. The molecule has 0 spiro atoms. The molecule has 0 fully saturated rings. The number of carbonyl (C=O) groups is 2. The van der Waals surface area contributed by atoms with Gasteiger partial charge in [0.05, 0.1) is 23.8 Å². The van der Waals surface area contributed by atoms with Gasteiger partial charge in [-0.1, -0.05) is 90.1 Å². The molecule has 46 heavy (non-hydrogen) atoms. The van der Waals surface area contributed by atoms with Crippen LogP contribution in [-0.4, -0.2) is 42.8 Å². The molecule has 246 valence electrons. The van der Waals surface area contributed by atoms with Crippen LogP contribution in [-0.2, 0) is 9.59 Å². The van der Waals surface area contributed by atoms with Crippen LogP contribution in [0, 0.1) is 10.8 Å². The fourth-order valence-corrected chi connectivity index (χ4v) is 5.68. The number of imidazole rings is 2. The number of hydrogen-bond donors (Lipinski definition) is 4. The number of aromatic amines is 2. The van der Waals surface area contributed by atoms with E-state index >= 15 is 0 Å². The number of carbonyl (C=O) groups excluding carboxylic acids is 2. The molecule has 2 heterocycles. The summed E-state index contributed by atoms with van der Waals surface area (Å²) in [5, 5.41) is 6.23.